The van der Waals surface area contributed by atoms with E-state index in [4.69, 9.17) is 16.3 Å². The van der Waals surface area contributed by atoms with Gasteiger partial charge in [0.15, 0.2) is 5.78 Å². The van der Waals surface area contributed by atoms with Crippen molar-refractivity contribution in [2.45, 2.75) is 26.3 Å². The minimum atomic E-state index is -0.0360. The SMILES string of the molecule is COc1ccc(Cl)cc1C(=O)[C@@H]1CCCN(Cc2cc(C)[nH]n2)C1. The molecule has 5 nitrogen and oxygen atoms in total. The highest BCUT2D eigenvalue weighted by Crippen LogP contribution is 2.29. The van der Waals surface area contributed by atoms with Crippen molar-refractivity contribution in [3.63, 3.8) is 0 Å². The molecule has 1 atom stereocenters. The molecule has 0 radical (unpaired) electrons. The largest absolute Gasteiger partial charge is 0.496 e. The Morgan fingerprint density at radius 2 is 2.29 bits per heavy atom. The van der Waals surface area contributed by atoms with Gasteiger partial charge in [-0.05, 0) is 50.6 Å². The summed E-state index contributed by atoms with van der Waals surface area (Å²) in [6, 6.07) is 7.25. The maximum atomic E-state index is 12.9. The molecule has 0 spiro atoms. The molecule has 6 heteroatoms. The highest BCUT2D eigenvalue weighted by molar-refractivity contribution is 6.31. The number of ketones is 1. The Balaban J connectivity index is 1.72. The van der Waals surface area contributed by atoms with Gasteiger partial charge < -0.3 is 4.74 Å². The molecule has 1 aromatic carbocycles. The molecule has 0 amide bonds. The Hall–Kier alpha value is -1.85. The van der Waals surface area contributed by atoms with Crippen molar-refractivity contribution in [1.82, 2.24) is 15.1 Å². The van der Waals surface area contributed by atoms with E-state index in [0.717, 1.165) is 43.9 Å². The molecule has 128 valence electrons. The number of aryl methyl sites for hydroxylation is 1. The van der Waals surface area contributed by atoms with Crippen LogP contribution in [0.15, 0.2) is 24.3 Å². The zero-order valence-corrected chi connectivity index (χ0v) is 14.8. The number of Topliss-reactive ketones (excluding diaryl/α,β-unsaturated/α-hetero) is 1. The van der Waals surface area contributed by atoms with E-state index in [1.807, 2.05) is 13.0 Å². The molecule has 0 unspecified atom stereocenters. The number of likely N-dealkylation sites (tertiary alicyclic amines) is 1. The first-order valence-electron chi connectivity index (χ1n) is 8.18. The van der Waals surface area contributed by atoms with Gasteiger partial charge >= 0.3 is 0 Å². The number of hydrogen-bond acceptors (Lipinski definition) is 4. The molecular weight excluding hydrogens is 326 g/mol. The van der Waals surface area contributed by atoms with Gasteiger partial charge in [0.25, 0.3) is 0 Å². The third-order valence-electron chi connectivity index (χ3n) is 4.45. The fourth-order valence-electron chi connectivity index (χ4n) is 3.29. The highest BCUT2D eigenvalue weighted by Gasteiger charge is 2.28. The summed E-state index contributed by atoms with van der Waals surface area (Å²) in [7, 11) is 1.58. The number of halogens is 1. The average Bonchev–Trinajstić information content (AvgIpc) is 2.99. The van der Waals surface area contributed by atoms with Crippen LogP contribution in [0.1, 0.15) is 34.6 Å². The van der Waals surface area contributed by atoms with Gasteiger partial charge in [0.05, 0.1) is 18.4 Å². The first-order chi connectivity index (χ1) is 11.6. The maximum absolute atomic E-state index is 12.9. The summed E-state index contributed by atoms with van der Waals surface area (Å²) < 4.78 is 5.33. The number of H-pyrrole nitrogens is 1. The topological polar surface area (TPSA) is 58.2 Å². The zero-order valence-electron chi connectivity index (χ0n) is 14.0. The van der Waals surface area contributed by atoms with Gasteiger partial charge in [-0.25, -0.2) is 0 Å². The molecule has 3 rings (SSSR count). The maximum Gasteiger partial charge on any atom is 0.170 e. The second-order valence-electron chi connectivity index (χ2n) is 6.33. The second-order valence-corrected chi connectivity index (χ2v) is 6.76. The lowest BCUT2D eigenvalue weighted by Crippen LogP contribution is -2.38. The smallest absolute Gasteiger partial charge is 0.170 e. The van der Waals surface area contributed by atoms with E-state index in [1.165, 1.54) is 0 Å². The minimum Gasteiger partial charge on any atom is -0.496 e. The Labute approximate surface area is 147 Å². The summed E-state index contributed by atoms with van der Waals surface area (Å²) in [5, 5.41) is 7.81. The van der Waals surface area contributed by atoms with Crippen molar-refractivity contribution < 1.29 is 9.53 Å². The summed E-state index contributed by atoms with van der Waals surface area (Å²) in [5.74, 6) is 0.660. The Morgan fingerprint density at radius 3 is 3.00 bits per heavy atom. The first-order valence-corrected chi connectivity index (χ1v) is 8.55. The number of nitrogens with one attached hydrogen (secondary N) is 1. The molecule has 24 heavy (non-hydrogen) atoms. The van der Waals surface area contributed by atoms with Gasteiger partial charge in [0.1, 0.15) is 5.75 Å². The van der Waals surface area contributed by atoms with Crippen molar-refractivity contribution >= 4 is 17.4 Å². The van der Waals surface area contributed by atoms with E-state index in [2.05, 4.69) is 15.1 Å². The lowest BCUT2D eigenvalue weighted by atomic mass is 9.89. The fraction of sp³-hybridized carbons (Fsp3) is 0.444. The number of nitrogens with zero attached hydrogens (tertiary/aromatic N) is 2. The number of ether oxygens (including phenoxy) is 1. The predicted octanol–water partition coefficient (Wildman–Crippen LogP) is 3.48. The molecule has 1 aliphatic rings. The van der Waals surface area contributed by atoms with Crippen molar-refractivity contribution in [1.29, 1.82) is 0 Å². The molecule has 0 aliphatic carbocycles. The van der Waals surface area contributed by atoms with Crippen LogP contribution in [0, 0.1) is 12.8 Å². The van der Waals surface area contributed by atoms with Crippen LogP contribution in [0.25, 0.3) is 0 Å². The van der Waals surface area contributed by atoms with Crippen LogP contribution in [0.3, 0.4) is 0 Å². The van der Waals surface area contributed by atoms with Crippen molar-refractivity contribution in [3.8, 4) is 5.75 Å². The van der Waals surface area contributed by atoms with Crippen LogP contribution in [0.2, 0.25) is 5.02 Å². The van der Waals surface area contributed by atoms with E-state index < -0.39 is 0 Å². The summed E-state index contributed by atoms with van der Waals surface area (Å²) in [4.78, 5) is 15.2. The van der Waals surface area contributed by atoms with E-state index >= 15 is 0 Å². The van der Waals surface area contributed by atoms with Crippen molar-refractivity contribution in [3.05, 3.63) is 46.2 Å². The number of aromatic amines is 1. The molecule has 0 bridgehead atoms. The second kappa shape index (κ2) is 7.36. The number of methoxy groups -OCH3 is 1. The van der Waals surface area contributed by atoms with Crippen molar-refractivity contribution in [2.75, 3.05) is 20.2 Å². The van der Waals surface area contributed by atoms with Crippen LogP contribution >= 0.6 is 11.6 Å². The van der Waals surface area contributed by atoms with Crippen LogP contribution in [0.4, 0.5) is 0 Å². The lowest BCUT2D eigenvalue weighted by Gasteiger charge is -2.31. The quantitative estimate of drug-likeness (QED) is 0.841. The van der Waals surface area contributed by atoms with Gasteiger partial charge in [0.2, 0.25) is 0 Å². The molecule has 2 heterocycles. The predicted molar refractivity (Wildman–Crippen MR) is 93.7 cm³/mol. The number of aromatic nitrogens is 2. The number of carbonyl (C=O) groups is 1. The monoisotopic (exact) mass is 347 g/mol. The van der Waals surface area contributed by atoms with Gasteiger partial charge in [-0.3, -0.25) is 14.8 Å². The molecule has 2 aromatic rings. The van der Waals surface area contributed by atoms with E-state index in [1.54, 1.807) is 25.3 Å². The van der Waals surface area contributed by atoms with Gasteiger partial charge in [-0.2, -0.15) is 5.10 Å². The standard InChI is InChI=1S/C18H22ClN3O2/c1-12-8-15(21-20-12)11-22-7-3-4-13(10-22)18(23)16-9-14(19)5-6-17(16)24-2/h5-6,8-9,13H,3-4,7,10-11H2,1-2H3,(H,20,21)/t13-/m1/s1. The summed E-state index contributed by atoms with van der Waals surface area (Å²) >= 11 is 6.07. The molecule has 1 aromatic heterocycles. The Bertz CT molecular complexity index is 729. The summed E-state index contributed by atoms with van der Waals surface area (Å²) in [5.41, 5.74) is 2.65. The normalized spacial score (nSPS) is 18.5. The van der Waals surface area contributed by atoms with Gasteiger partial charge in [-0.15, -0.1) is 0 Å². The van der Waals surface area contributed by atoms with Gasteiger partial charge in [-0.1, -0.05) is 11.6 Å². The molecule has 1 aliphatic heterocycles. The molecular formula is C18H22ClN3O2. The van der Waals surface area contributed by atoms with E-state index in [0.29, 0.717) is 16.3 Å². The Kier molecular flexibility index (Phi) is 5.21. The van der Waals surface area contributed by atoms with Crippen molar-refractivity contribution in [2.24, 2.45) is 5.92 Å². The summed E-state index contributed by atoms with van der Waals surface area (Å²) in [6.07, 6.45) is 1.90. The third kappa shape index (κ3) is 3.79. The molecule has 1 saturated heterocycles. The van der Waals surface area contributed by atoms with Crippen LogP contribution in [0.5, 0.6) is 5.75 Å². The molecule has 1 fully saturated rings. The Morgan fingerprint density at radius 1 is 1.46 bits per heavy atom. The van der Waals surface area contributed by atoms with E-state index in [-0.39, 0.29) is 11.7 Å². The summed E-state index contributed by atoms with van der Waals surface area (Å²) in [6.45, 7) is 4.48. The number of benzene rings is 1. The zero-order chi connectivity index (χ0) is 17.1. The van der Waals surface area contributed by atoms with Gasteiger partial charge in [0, 0.05) is 29.7 Å². The van der Waals surface area contributed by atoms with Crippen LogP contribution in [-0.4, -0.2) is 41.1 Å². The lowest BCUT2D eigenvalue weighted by molar-refractivity contribution is 0.0807. The first kappa shape index (κ1) is 17.0. The third-order valence-corrected chi connectivity index (χ3v) is 4.68. The molecule has 0 saturated carbocycles. The van der Waals surface area contributed by atoms with Crippen LogP contribution < -0.4 is 4.74 Å². The number of carbonyl (C=O) groups excluding carboxylic acids is 1. The molecule has 1 N–H and O–H groups in total. The average molecular weight is 348 g/mol. The highest BCUT2D eigenvalue weighted by atomic mass is 35.5. The minimum absolute atomic E-state index is 0.0360. The fourth-order valence-corrected chi connectivity index (χ4v) is 3.46. The number of hydrogen-bond donors (Lipinski definition) is 1. The van der Waals surface area contributed by atoms with Crippen LogP contribution in [-0.2, 0) is 6.54 Å². The number of piperidine rings is 1. The number of rotatable bonds is 5. The van der Waals surface area contributed by atoms with E-state index in [9.17, 15) is 4.79 Å².